The first-order valence-corrected chi connectivity index (χ1v) is 10.3. The molecule has 0 amide bonds. The van der Waals surface area contributed by atoms with Gasteiger partial charge in [0.2, 0.25) is 0 Å². The van der Waals surface area contributed by atoms with Gasteiger partial charge in [0, 0.05) is 35.7 Å². The molecule has 1 unspecified atom stereocenters. The van der Waals surface area contributed by atoms with Crippen molar-refractivity contribution in [3.8, 4) is 11.1 Å². The van der Waals surface area contributed by atoms with Gasteiger partial charge in [0.1, 0.15) is 0 Å². The molecule has 0 radical (unpaired) electrons. The SMILES string of the molecule is CC[C@]1(c2cccc(-c3ccncc3)c2)C2=CN=NC2NC2=C1C(=O)C[C@H](C)C2. The lowest BCUT2D eigenvalue weighted by atomic mass is 9.60. The van der Waals surface area contributed by atoms with Gasteiger partial charge in [-0.1, -0.05) is 32.0 Å². The summed E-state index contributed by atoms with van der Waals surface area (Å²) in [5, 5.41) is 12.2. The Balaban J connectivity index is 1.74. The summed E-state index contributed by atoms with van der Waals surface area (Å²) in [6.07, 6.45) is 7.56. The van der Waals surface area contributed by atoms with Crippen molar-refractivity contribution >= 4 is 5.78 Å². The number of hydrogen-bond acceptors (Lipinski definition) is 5. The average Bonchev–Trinajstić information content (AvgIpc) is 3.21. The standard InChI is InChI=1S/C24H24N4O/c1-3-24(18-6-4-5-17(13-18)16-7-9-25-10-8-16)19-14-26-28-23(19)27-20-11-15(2)12-21(29)22(20)24/h4-10,13-15,23,27H,3,11-12H2,1-2H3/t15-,23?,24+/m1/s1. The van der Waals surface area contributed by atoms with Crippen LogP contribution < -0.4 is 5.32 Å². The predicted molar refractivity (Wildman–Crippen MR) is 112 cm³/mol. The van der Waals surface area contributed by atoms with E-state index in [-0.39, 0.29) is 11.9 Å². The van der Waals surface area contributed by atoms with Crippen molar-refractivity contribution in [1.29, 1.82) is 0 Å². The fourth-order valence-electron chi connectivity index (χ4n) is 5.20. The number of aromatic nitrogens is 1. The second kappa shape index (κ2) is 6.76. The molecule has 0 saturated carbocycles. The zero-order chi connectivity index (χ0) is 20.0. The van der Waals surface area contributed by atoms with Crippen LogP contribution in [-0.4, -0.2) is 16.9 Å². The van der Waals surface area contributed by atoms with Crippen LogP contribution in [0.15, 0.2) is 82.1 Å². The molecular formula is C24H24N4O. The maximum Gasteiger partial charge on any atom is 0.164 e. The van der Waals surface area contributed by atoms with Crippen LogP contribution in [0.3, 0.4) is 0 Å². The molecule has 3 aliphatic rings. The summed E-state index contributed by atoms with van der Waals surface area (Å²) >= 11 is 0. The Kier molecular flexibility index (Phi) is 4.19. The lowest BCUT2D eigenvalue weighted by Crippen LogP contribution is -2.50. The number of rotatable bonds is 3. The molecule has 1 aromatic carbocycles. The quantitative estimate of drug-likeness (QED) is 0.816. The Bertz CT molecular complexity index is 1070. The fourth-order valence-corrected chi connectivity index (χ4v) is 5.20. The Labute approximate surface area is 170 Å². The van der Waals surface area contributed by atoms with Crippen LogP contribution in [0, 0.1) is 5.92 Å². The van der Waals surface area contributed by atoms with E-state index in [0.717, 1.165) is 46.4 Å². The highest BCUT2D eigenvalue weighted by Crippen LogP contribution is 2.52. The molecule has 1 aromatic heterocycles. The van der Waals surface area contributed by atoms with E-state index in [9.17, 15) is 4.79 Å². The van der Waals surface area contributed by atoms with E-state index < -0.39 is 5.41 Å². The van der Waals surface area contributed by atoms with Gasteiger partial charge in [-0.3, -0.25) is 9.78 Å². The van der Waals surface area contributed by atoms with Gasteiger partial charge in [0.05, 0.1) is 11.6 Å². The van der Waals surface area contributed by atoms with Gasteiger partial charge in [0.25, 0.3) is 0 Å². The first-order valence-electron chi connectivity index (χ1n) is 10.3. The molecule has 5 nitrogen and oxygen atoms in total. The maximum absolute atomic E-state index is 13.3. The predicted octanol–water partition coefficient (Wildman–Crippen LogP) is 4.93. The minimum atomic E-state index is -0.491. The van der Waals surface area contributed by atoms with Gasteiger partial charge >= 0.3 is 0 Å². The molecule has 5 heteroatoms. The van der Waals surface area contributed by atoms with Crippen LogP contribution in [0.4, 0.5) is 0 Å². The highest BCUT2D eigenvalue weighted by molar-refractivity contribution is 6.01. The summed E-state index contributed by atoms with van der Waals surface area (Å²) in [7, 11) is 0. The summed E-state index contributed by atoms with van der Waals surface area (Å²) in [6, 6.07) is 12.6. The van der Waals surface area contributed by atoms with Crippen molar-refractivity contribution in [3.63, 3.8) is 0 Å². The number of carbonyl (C=O) groups is 1. The molecule has 0 saturated heterocycles. The third-order valence-electron chi connectivity index (χ3n) is 6.47. The number of nitrogens with zero attached hydrogens (tertiary/aromatic N) is 3. The number of ketones is 1. The lowest BCUT2D eigenvalue weighted by Gasteiger charge is -2.46. The van der Waals surface area contributed by atoms with Crippen LogP contribution in [0.5, 0.6) is 0 Å². The number of allylic oxidation sites excluding steroid dienone is 2. The van der Waals surface area contributed by atoms with E-state index in [4.69, 9.17) is 0 Å². The van der Waals surface area contributed by atoms with Crippen molar-refractivity contribution < 1.29 is 4.79 Å². The second-order valence-corrected chi connectivity index (χ2v) is 8.23. The third-order valence-corrected chi connectivity index (χ3v) is 6.47. The lowest BCUT2D eigenvalue weighted by molar-refractivity contribution is -0.117. The van der Waals surface area contributed by atoms with Crippen molar-refractivity contribution in [2.75, 3.05) is 0 Å². The highest BCUT2D eigenvalue weighted by Gasteiger charge is 2.51. The number of fused-ring (bicyclic) bond motifs is 1. The van der Waals surface area contributed by atoms with Crippen LogP contribution in [-0.2, 0) is 10.2 Å². The maximum atomic E-state index is 13.3. The topological polar surface area (TPSA) is 66.7 Å². The van der Waals surface area contributed by atoms with Crippen molar-refractivity contribution in [2.45, 2.75) is 44.7 Å². The van der Waals surface area contributed by atoms with Gasteiger partial charge in [-0.25, -0.2) is 0 Å². The number of nitrogens with one attached hydrogen (secondary N) is 1. The van der Waals surface area contributed by atoms with Gasteiger partial charge < -0.3 is 5.32 Å². The van der Waals surface area contributed by atoms with E-state index in [2.05, 4.69) is 58.6 Å². The molecule has 0 bridgehead atoms. The number of benzene rings is 1. The van der Waals surface area contributed by atoms with Crippen molar-refractivity contribution in [1.82, 2.24) is 10.3 Å². The Morgan fingerprint density at radius 1 is 1.14 bits per heavy atom. The van der Waals surface area contributed by atoms with E-state index in [1.54, 1.807) is 0 Å². The summed E-state index contributed by atoms with van der Waals surface area (Å²) in [5.41, 5.74) is 5.93. The van der Waals surface area contributed by atoms with E-state index in [1.807, 2.05) is 30.7 Å². The monoisotopic (exact) mass is 384 g/mol. The van der Waals surface area contributed by atoms with Crippen LogP contribution >= 0.6 is 0 Å². The molecule has 3 heterocycles. The number of azo groups is 1. The average molecular weight is 384 g/mol. The highest BCUT2D eigenvalue weighted by atomic mass is 16.1. The smallest absolute Gasteiger partial charge is 0.164 e. The zero-order valence-corrected chi connectivity index (χ0v) is 16.7. The fraction of sp³-hybridized carbons (Fsp3) is 0.333. The normalized spacial score (nSPS) is 27.9. The molecular weight excluding hydrogens is 360 g/mol. The van der Waals surface area contributed by atoms with Gasteiger partial charge in [-0.15, -0.1) is 0 Å². The number of hydrogen-bond donors (Lipinski definition) is 1. The van der Waals surface area contributed by atoms with E-state index >= 15 is 0 Å². The summed E-state index contributed by atoms with van der Waals surface area (Å²) in [5.74, 6) is 0.587. The van der Waals surface area contributed by atoms with Gasteiger partial charge in [0.15, 0.2) is 11.9 Å². The van der Waals surface area contributed by atoms with Crippen LogP contribution in [0.25, 0.3) is 11.1 Å². The second-order valence-electron chi connectivity index (χ2n) is 8.23. The van der Waals surface area contributed by atoms with Gasteiger partial charge in [-0.05, 0) is 53.6 Å². The molecule has 2 aliphatic heterocycles. The van der Waals surface area contributed by atoms with Crippen LogP contribution in [0.1, 0.15) is 38.7 Å². The largest absolute Gasteiger partial charge is 0.362 e. The Morgan fingerprint density at radius 3 is 2.76 bits per heavy atom. The van der Waals surface area contributed by atoms with E-state index in [1.165, 1.54) is 0 Å². The van der Waals surface area contributed by atoms with Crippen molar-refractivity contribution in [2.24, 2.45) is 16.1 Å². The number of carbonyl (C=O) groups excluding carboxylic acids is 1. The van der Waals surface area contributed by atoms with E-state index in [0.29, 0.717) is 12.3 Å². The molecule has 0 fully saturated rings. The van der Waals surface area contributed by atoms with Crippen molar-refractivity contribution in [3.05, 3.63) is 77.4 Å². The minimum absolute atomic E-state index is 0.184. The molecule has 146 valence electrons. The number of pyridine rings is 1. The Morgan fingerprint density at radius 2 is 1.97 bits per heavy atom. The summed E-state index contributed by atoms with van der Waals surface area (Å²) in [6.45, 7) is 4.30. The molecule has 29 heavy (non-hydrogen) atoms. The Hall–Kier alpha value is -3.08. The molecule has 1 N–H and O–H groups in total. The van der Waals surface area contributed by atoms with Gasteiger partial charge in [-0.2, -0.15) is 10.2 Å². The van der Waals surface area contributed by atoms with Crippen LogP contribution in [0.2, 0.25) is 0 Å². The first-order chi connectivity index (χ1) is 14.1. The third kappa shape index (κ3) is 2.68. The molecule has 2 aromatic rings. The number of Topliss-reactive ketones (excluding diaryl/α,β-unsaturated/α-hetero) is 1. The minimum Gasteiger partial charge on any atom is -0.362 e. The molecule has 1 aliphatic carbocycles. The molecule has 5 rings (SSSR count). The summed E-state index contributed by atoms with van der Waals surface area (Å²) < 4.78 is 0. The molecule has 0 spiro atoms. The summed E-state index contributed by atoms with van der Waals surface area (Å²) in [4.78, 5) is 17.5. The molecule has 3 atom stereocenters. The zero-order valence-electron chi connectivity index (χ0n) is 16.7. The first kappa shape index (κ1) is 18.0.